The van der Waals surface area contributed by atoms with Gasteiger partial charge in [0.1, 0.15) is 0 Å². The Labute approximate surface area is 136 Å². The molecule has 1 amide bonds. The molecule has 2 aromatic rings. The minimum absolute atomic E-state index is 0.257. The molecule has 3 heterocycles. The van der Waals surface area contributed by atoms with Gasteiger partial charge in [-0.2, -0.15) is 0 Å². The van der Waals surface area contributed by atoms with Crippen LogP contribution in [-0.4, -0.2) is 42.0 Å². The summed E-state index contributed by atoms with van der Waals surface area (Å²) in [6, 6.07) is 14.2. The van der Waals surface area contributed by atoms with E-state index in [1.165, 1.54) is 5.56 Å². The Kier molecular flexibility index (Phi) is 3.83. The summed E-state index contributed by atoms with van der Waals surface area (Å²) in [5, 5.41) is 0. The number of carbonyl (C=O) groups excluding carboxylic acids is 1. The van der Waals surface area contributed by atoms with Crippen molar-refractivity contribution in [1.82, 2.24) is 9.88 Å². The molecule has 2 aliphatic rings. The zero-order valence-corrected chi connectivity index (χ0v) is 13.1. The number of hydrogen-bond donors (Lipinski definition) is 0. The maximum Gasteiger partial charge on any atom is 0.227 e. The van der Waals surface area contributed by atoms with Crippen molar-refractivity contribution in [3.05, 3.63) is 60.4 Å². The maximum absolute atomic E-state index is 12.3. The molecule has 0 bridgehead atoms. The second kappa shape index (κ2) is 6.13. The van der Waals surface area contributed by atoms with E-state index in [0.29, 0.717) is 18.3 Å². The predicted molar refractivity (Wildman–Crippen MR) is 90.3 cm³/mol. The Balaban J connectivity index is 1.31. The number of anilines is 1. The van der Waals surface area contributed by atoms with Crippen LogP contribution in [0.15, 0.2) is 54.9 Å². The number of hydrogen-bond acceptors (Lipinski definition) is 3. The summed E-state index contributed by atoms with van der Waals surface area (Å²) in [4.78, 5) is 20.7. The second-order valence-corrected chi connectivity index (χ2v) is 6.61. The molecule has 1 atom stereocenters. The number of rotatable bonds is 4. The molecule has 1 aromatic carbocycles. The van der Waals surface area contributed by atoms with Gasteiger partial charge in [-0.1, -0.05) is 18.2 Å². The normalized spacial score (nSPS) is 22.3. The lowest BCUT2D eigenvalue weighted by Crippen LogP contribution is -2.47. The van der Waals surface area contributed by atoms with Gasteiger partial charge in [-0.3, -0.25) is 9.78 Å². The molecule has 1 aromatic heterocycles. The van der Waals surface area contributed by atoms with Gasteiger partial charge in [0, 0.05) is 56.6 Å². The minimum Gasteiger partial charge on any atom is -0.312 e. The molecule has 2 saturated heterocycles. The van der Waals surface area contributed by atoms with Crippen molar-refractivity contribution < 1.29 is 4.79 Å². The van der Waals surface area contributed by atoms with Crippen LogP contribution in [0.1, 0.15) is 17.9 Å². The lowest BCUT2D eigenvalue weighted by atomic mass is 9.91. The number of nitrogens with zero attached hydrogens (tertiary/aromatic N) is 3. The van der Waals surface area contributed by atoms with Gasteiger partial charge in [0.05, 0.1) is 0 Å². The van der Waals surface area contributed by atoms with Crippen LogP contribution in [0.3, 0.4) is 0 Å². The van der Waals surface area contributed by atoms with Crippen molar-refractivity contribution in [3.8, 4) is 0 Å². The van der Waals surface area contributed by atoms with Gasteiger partial charge in [0.25, 0.3) is 0 Å². The van der Waals surface area contributed by atoms with Crippen molar-refractivity contribution in [2.24, 2.45) is 5.92 Å². The Morgan fingerprint density at radius 2 is 1.74 bits per heavy atom. The van der Waals surface area contributed by atoms with Crippen LogP contribution in [0.25, 0.3) is 0 Å². The second-order valence-electron chi connectivity index (χ2n) is 6.61. The summed E-state index contributed by atoms with van der Waals surface area (Å²) in [6.45, 7) is 4.07. The SMILES string of the molecule is O=C1C[C@@H](CN2CC(c3ccncc3)C2)CN1c1ccccc1. The largest absolute Gasteiger partial charge is 0.312 e. The number of para-hydroxylation sites is 1. The standard InChI is InChI=1S/C19H21N3O/c23-19-10-15(12-22(19)18-4-2-1-3-5-18)11-21-13-17(14-21)16-6-8-20-9-7-16/h1-9,15,17H,10-14H2/t15-/m0/s1. The van der Waals surface area contributed by atoms with E-state index in [1.54, 1.807) is 0 Å². The van der Waals surface area contributed by atoms with Crippen molar-refractivity contribution in [1.29, 1.82) is 0 Å². The van der Waals surface area contributed by atoms with E-state index in [0.717, 1.165) is 31.9 Å². The molecule has 0 saturated carbocycles. The highest BCUT2D eigenvalue weighted by molar-refractivity contribution is 5.95. The maximum atomic E-state index is 12.3. The molecule has 2 fully saturated rings. The molecule has 4 heteroatoms. The predicted octanol–water partition coefficient (Wildman–Crippen LogP) is 2.53. The molecule has 4 nitrogen and oxygen atoms in total. The number of pyridine rings is 1. The van der Waals surface area contributed by atoms with Gasteiger partial charge < -0.3 is 9.80 Å². The smallest absolute Gasteiger partial charge is 0.227 e. The number of amides is 1. The fourth-order valence-corrected chi connectivity index (χ4v) is 3.69. The summed E-state index contributed by atoms with van der Waals surface area (Å²) >= 11 is 0. The molecule has 4 rings (SSSR count). The summed E-state index contributed by atoms with van der Waals surface area (Å²) in [5.41, 5.74) is 2.41. The van der Waals surface area contributed by atoms with Crippen LogP contribution in [0.5, 0.6) is 0 Å². The van der Waals surface area contributed by atoms with Crippen molar-refractivity contribution in [3.63, 3.8) is 0 Å². The average molecular weight is 307 g/mol. The summed E-state index contributed by atoms with van der Waals surface area (Å²) < 4.78 is 0. The highest BCUT2D eigenvalue weighted by Gasteiger charge is 2.35. The van der Waals surface area contributed by atoms with Crippen LogP contribution < -0.4 is 4.90 Å². The minimum atomic E-state index is 0.257. The third-order valence-electron chi connectivity index (χ3n) is 4.92. The average Bonchev–Trinajstić information content (AvgIpc) is 2.93. The molecule has 0 N–H and O–H groups in total. The molecule has 0 radical (unpaired) electrons. The summed E-state index contributed by atoms with van der Waals surface area (Å²) in [7, 11) is 0. The van der Waals surface area contributed by atoms with Gasteiger partial charge in [-0.15, -0.1) is 0 Å². The quantitative estimate of drug-likeness (QED) is 0.871. The highest BCUT2D eigenvalue weighted by atomic mass is 16.2. The van der Waals surface area contributed by atoms with Gasteiger partial charge >= 0.3 is 0 Å². The van der Waals surface area contributed by atoms with Gasteiger partial charge in [0.2, 0.25) is 5.91 Å². The molecule has 0 unspecified atom stereocenters. The zero-order valence-electron chi connectivity index (χ0n) is 13.1. The monoisotopic (exact) mass is 307 g/mol. The molecule has 23 heavy (non-hydrogen) atoms. The first-order chi connectivity index (χ1) is 11.3. The van der Waals surface area contributed by atoms with Crippen molar-refractivity contribution in [2.45, 2.75) is 12.3 Å². The number of benzene rings is 1. The molecule has 2 aliphatic heterocycles. The van der Waals surface area contributed by atoms with E-state index in [1.807, 2.05) is 47.6 Å². The summed E-state index contributed by atoms with van der Waals surface area (Å²) in [5.74, 6) is 1.33. The van der Waals surface area contributed by atoms with E-state index in [4.69, 9.17) is 0 Å². The number of likely N-dealkylation sites (tertiary alicyclic amines) is 1. The van der Waals surface area contributed by atoms with E-state index in [9.17, 15) is 4.79 Å². The highest BCUT2D eigenvalue weighted by Crippen LogP contribution is 2.30. The van der Waals surface area contributed by atoms with Crippen molar-refractivity contribution in [2.75, 3.05) is 31.1 Å². The first-order valence-electron chi connectivity index (χ1n) is 8.27. The van der Waals surface area contributed by atoms with Crippen LogP contribution in [-0.2, 0) is 4.79 Å². The molecular weight excluding hydrogens is 286 g/mol. The van der Waals surface area contributed by atoms with Crippen LogP contribution in [0.2, 0.25) is 0 Å². The lowest BCUT2D eigenvalue weighted by Gasteiger charge is -2.40. The first-order valence-corrected chi connectivity index (χ1v) is 8.27. The fraction of sp³-hybridized carbons (Fsp3) is 0.368. The van der Waals surface area contributed by atoms with E-state index in [-0.39, 0.29) is 5.91 Å². The van der Waals surface area contributed by atoms with Gasteiger partial charge in [-0.25, -0.2) is 0 Å². The van der Waals surface area contributed by atoms with Crippen molar-refractivity contribution >= 4 is 11.6 Å². The molecule has 0 aliphatic carbocycles. The Morgan fingerprint density at radius 3 is 2.48 bits per heavy atom. The number of aromatic nitrogens is 1. The van der Waals surface area contributed by atoms with E-state index >= 15 is 0 Å². The Bertz CT molecular complexity index is 668. The third-order valence-corrected chi connectivity index (χ3v) is 4.92. The van der Waals surface area contributed by atoms with Gasteiger partial charge in [0.15, 0.2) is 0 Å². The first kappa shape index (κ1) is 14.4. The Hall–Kier alpha value is -2.20. The fourth-order valence-electron chi connectivity index (χ4n) is 3.69. The van der Waals surface area contributed by atoms with Gasteiger partial charge in [-0.05, 0) is 35.7 Å². The molecule has 0 spiro atoms. The zero-order chi connectivity index (χ0) is 15.6. The lowest BCUT2D eigenvalue weighted by molar-refractivity contribution is -0.117. The van der Waals surface area contributed by atoms with E-state index in [2.05, 4.69) is 22.0 Å². The van der Waals surface area contributed by atoms with E-state index < -0.39 is 0 Å². The third kappa shape index (κ3) is 2.99. The number of carbonyl (C=O) groups is 1. The molecular formula is C19H21N3O. The topological polar surface area (TPSA) is 36.4 Å². The Morgan fingerprint density at radius 1 is 1.00 bits per heavy atom. The van der Waals surface area contributed by atoms with Crippen LogP contribution in [0, 0.1) is 5.92 Å². The van der Waals surface area contributed by atoms with Crippen LogP contribution >= 0.6 is 0 Å². The molecule has 118 valence electrons. The summed E-state index contributed by atoms with van der Waals surface area (Å²) in [6.07, 6.45) is 4.40. The van der Waals surface area contributed by atoms with Crippen LogP contribution in [0.4, 0.5) is 5.69 Å².